The summed E-state index contributed by atoms with van der Waals surface area (Å²) in [6.45, 7) is 2.66. The van der Waals surface area contributed by atoms with Gasteiger partial charge >= 0.3 is 6.01 Å². The highest BCUT2D eigenvalue weighted by Gasteiger charge is 2.22. The van der Waals surface area contributed by atoms with E-state index in [1.807, 2.05) is 0 Å². The third-order valence-corrected chi connectivity index (χ3v) is 3.48. The first-order valence-corrected chi connectivity index (χ1v) is 6.81. The molecule has 1 aromatic carbocycles. The molecule has 1 unspecified atom stereocenters. The van der Waals surface area contributed by atoms with E-state index < -0.39 is 0 Å². The predicted octanol–water partition coefficient (Wildman–Crippen LogP) is 1.76. The normalized spacial score (nSPS) is 17.9. The zero-order chi connectivity index (χ0) is 14.8. The zero-order valence-electron chi connectivity index (χ0n) is 11.6. The Balaban J connectivity index is 1.70. The lowest BCUT2D eigenvalue weighted by molar-refractivity contribution is 0.102. The van der Waals surface area contributed by atoms with Crippen molar-refractivity contribution >= 4 is 11.9 Å². The first-order chi connectivity index (χ1) is 10.1. The topological polar surface area (TPSA) is 100 Å². The number of aryl methyl sites for hydroxylation is 1. The van der Waals surface area contributed by atoms with Crippen molar-refractivity contribution in [2.75, 3.05) is 11.9 Å². The average Bonchev–Trinajstić information content (AvgIpc) is 3.12. The highest BCUT2D eigenvalue weighted by atomic mass is 16.4. The summed E-state index contributed by atoms with van der Waals surface area (Å²) in [6, 6.07) is 4.76. The molecule has 1 aromatic heterocycles. The Bertz CT molecular complexity index is 662. The fraction of sp³-hybridized carbons (Fsp3) is 0.357. The van der Waals surface area contributed by atoms with Crippen LogP contribution in [-0.4, -0.2) is 27.8 Å². The van der Waals surface area contributed by atoms with Crippen LogP contribution in [0.1, 0.15) is 40.7 Å². The SMILES string of the molecule is Cc1cc(C(=O)Nc2nnc(C3CCCN3)o2)ccc1O. The van der Waals surface area contributed by atoms with Gasteiger partial charge < -0.3 is 14.8 Å². The predicted molar refractivity (Wildman–Crippen MR) is 75.1 cm³/mol. The van der Waals surface area contributed by atoms with Crippen LogP contribution in [0.25, 0.3) is 0 Å². The molecule has 1 fully saturated rings. The van der Waals surface area contributed by atoms with Gasteiger partial charge in [0, 0.05) is 5.56 Å². The fourth-order valence-electron chi connectivity index (χ4n) is 2.29. The number of aromatic hydroxyl groups is 1. The second-order valence-electron chi connectivity index (χ2n) is 5.05. The van der Waals surface area contributed by atoms with Gasteiger partial charge in [-0.25, -0.2) is 0 Å². The molecule has 110 valence electrons. The minimum Gasteiger partial charge on any atom is -0.508 e. The van der Waals surface area contributed by atoms with Gasteiger partial charge in [0.25, 0.3) is 5.91 Å². The first-order valence-electron chi connectivity index (χ1n) is 6.81. The molecule has 0 spiro atoms. The number of aromatic nitrogens is 2. The second kappa shape index (κ2) is 5.53. The van der Waals surface area contributed by atoms with Crippen LogP contribution in [0.15, 0.2) is 22.6 Å². The standard InChI is InChI=1S/C14H16N4O3/c1-8-7-9(4-5-11(8)19)12(20)16-14-18-17-13(21-14)10-3-2-6-15-10/h4-5,7,10,15,19H,2-3,6H2,1H3,(H,16,18,20). The summed E-state index contributed by atoms with van der Waals surface area (Å²) >= 11 is 0. The van der Waals surface area contributed by atoms with Gasteiger partial charge in [0.2, 0.25) is 5.89 Å². The number of rotatable bonds is 3. The summed E-state index contributed by atoms with van der Waals surface area (Å²) in [5, 5.41) is 23.0. The van der Waals surface area contributed by atoms with E-state index in [-0.39, 0.29) is 23.7 Å². The molecule has 2 aromatic rings. The van der Waals surface area contributed by atoms with Crippen LogP contribution in [0.5, 0.6) is 5.75 Å². The first kappa shape index (κ1) is 13.6. The van der Waals surface area contributed by atoms with Crippen molar-refractivity contribution < 1.29 is 14.3 Å². The molecule has 0 radical (unpaired) electrons. The lowest BCUT2D eigenvalue weighted by Gasteiger charge is -2.04. The van der Waals surface area contributed by atoms with Crippen LogP contribution >= 0.6 is 0 Å². The van der Waals surface area contributed by atoms with Crippen molar-refractivity contribution in [2.24, 2.45) is 0 Å². The smallest absolute Gasteiger partial charge is 0.322 e. The highest BCUT2D eigenvalue weighted by molar-refractivity contribution is 6.03. The molecular formula is C14H16N4O3. The summed E-state index contributed by atoms with van der Waals surface area (Å²) in [7, 11) is 0. The average molecular weight is 288 g/mol. The molecule has 1 aliphatic rings. The van der Waals surface area contributed by atoms with Crippen LogP contribution in [0.2, 0.25) is 0 Å². The van der Waals surface area contributed by atoms with Crippen LogP contribution in [-0.2, 0) is 0 Å². The van der Waals surface area contributed by atoms with Crippen molar-refractivity contribution in [1.82, 2.24) is 15.5 Å². The van der Waals surface area contributed by atoms with E-state index in [4.69, 9.17) is 4.42 Å². The van der Waals surface area contributed by atoms with Gasteiger partial charge in [-0.2, -0.15) is 0 Å². The Hall–Kier alpha value is -2.41. The summed E-state index contributed by atoms with van der Waals surface area (Å²) in [5.41, 5.74) is 1.05. The number of phenolic OH excluding ortho intramolecular Hbond substituents is 1. The minimum atomic E-state index is -0.354. The van der Waals surface area contributed by atoms with Crippen LogP contribution in [0.3, 0.4) is 0 Å². The molecule has 1 saturated heterocycles. The Morgan fingerprint density at radius 3 is 3.05 bits per heavy atom. The molecular weight excluding hydrogens is 272 g/mol. The molecule has 7 heteroatoms. The molecule has 21 heavy (non-hydrogen) atoms. The zero-order valence-corrected chi connectivity index (χ0v) is 11.6. The van der Waals surface area contributed by atoms with Crippen molar-refractivity contribution in [3.8, 4) is 5.75 Å². The molecule has 0 bridgehead atoms. The third kappa shape index (κ3) is 2.87. The number of amides is 1. The molecule has 3 rings (SSSR count). The Kier molecular flexibility index (Phi) is 3.57. The number of hydrogen-bond donors (Lipinski definition) is 3. The molecule has 2 heterocycles. The van der Waals surface area contributed by atoms with Crippen LogP contribution in [0.4, 0.5) is 6.01 Å². The molecule has 0 saturated carbocycles. The van der Waals surface area contributed by atoms with Gasteiger partial charge in [0.15, 0.2) is 0 Å². The maximum absolute atomic E-state index is 12.1. The number of anilines is 1. The van der Waals surface area contributed by atoms with Crippen molar-refractivity contribution in [3.63, 3.8) is 0 Å². The minimum absolute atomic E-state index is 0.0686. The molecule has 1 atom stereocenters. The van der Waals surface area contributed by atoms with Crippen molar-refractivity contribution in [3.05, 3.63) is 35.2 Å². The van der Waals surface area contributed by atoms with E-state index in [2.05, 4.69) is 20.8 Å². The summed E-state index contributed by atoms with van der Waals surface area (Å²) in [5.74, 6) is 0.288. The second-order valence-corrected chi connectivity index (χ2v) is 5.05. The number of phenols is 1. The van der Waals surface area contributed by atoms with Crippen LogP contribution in [0, 0.1) is 6.92 Å². The summed E-state index contributed by atoms with van der Waals surface area (Å²) in [4.78, 5) is 12.1. The van der Waals surface area contributed by atoms with Crippen LogP contribution < -0.4 is 10.6 Å². The molecule has 1 aliphatic heterocycles. The number of hydrogen-bond acceptors (Lipinski definition) is 6. The van der Waals surface area contributed by atoms with Crippen molar-refractivity contribution in [2.45, 2.75) is 25.8 Å². The lowest BCUT2D eigenvalue weighted by atomic mass is 10.1. The van der Waals surface area contributed by atoms with Gasteiger partial charge in [0.1, 0.15) is 5.75 Å². The van der Waals surface area contributed by atoms with Crippen molar-refractivity contribution in [1.29, 1.82) is 0 Å². The van der Waals surface area contributed by atoms with E-state index in [0.717, 1.165) is 19.4 Å². The highest BCUT2D eigenvalue weighted by Crippen LogP contribution is 2.23. The van der Waals surface area contributed by atoms with Gasteiger partial charge in [-0.1, -0.05) is 5.10 Å². The number of benzene rings is 1. The maximum atomic E-state index is 12.1. The van der Waals surface area contributed by atoms with E-state index >= 15 is 0 Å². The van der Waals surface area contributed by atoms with Gasteiger partial charge in [0.05, 0.1) is 6.04 Å². The Morgan fingerprint density at radius 1 is 1.48 bits per heavy atom. The molecule has 3 N–H and O–H groups in total. The summed E-state index contributed by atoms with van der Waals surface area (Å²) in [6.07, 6.45) is 2.02. The number of nitrogens with one attached hydrogen (secondary N) is 2. The largest absolute Gasteiger partial charge is 0.508 e. The van der Waals surface area contributed by atoms with Gasteiger partial charge in [-0.15, -0.1) is 5.10 Å². The maximum Gasteiger partial charge on any atom is 0.322 e. The number of nitrogens with zero attached hydrogens (tertiary/aromatic N) is 2. The number of carbonyl (C=O) groups excluding carboxylic acids is 1. The third-order valence-electron chi connectivity index (χ3n) is 3.48. The quantitative estimate of drug-likeness (QED) is 0.795. The van der Waals surface area contributed by atoms with Gasteiger partial charge in [-0.3, -0.25) is 10.1 Å². The van der Waals surface area contributed by atoms with Gasteiger partial charge in [-0.05, 0) is 50.1 Å². The fourth-order valence-corrected chi connectivity index (χ4v) is 2.29. The van der Waals surface area contributed by atoms with E-state index in [0.29, 0.717) is 17.0 Å². The Labute approximate surface area is 121 Å². The van der Waals surface area contributed by atoms with E-state index in [1.165, 1.54) is 12.1 Å². The molecule has 0 aliphatic carbocycles. The monoisotopic (exact) mass is 288 g/mol. The molecule has 7 nitrogen and oxygen atoms in total. The molecule has 1 amide bonds. The lowest BCUT2D eigenvalue weighted by Crippen LogP contribution is -2.13. The van der Waals surface area contributed by atoms with E-state index in [9.17, 15) is 9.90 Å². The summed E-state index contributed by atoms with van der Waals surface area (Å²) < 4.78 is 5.45. The Morgan fingerprint density at radius 2 is 2.33 bits per heavy atom. The van der Waals surface area contributed by atoms with E-state index in [1.54, 1.807) is 13.0 Å². The number of carbonyl (C=O) groups is 1.